The van der Waals surface area contributed by atoms with Crippen molar-refractivity contribution in [3.8, 4) is 0 Å². The van der Waals surface area contributed by atoms with Crippen molar-refractivity contribution in [3.05, 3.63) is 0 Å². The van der Waals surface area contributed by atoms with Crippen molar-refractivity contribution < 1.29 is 9.53 Å². The molecule has 1 aliphatic rings. The Balaban J connectivity index is 2.59. The summed E-state index contributed by atoms with van der Waals surface area (Å²) in [6.45, 7) is 8.79. The Hall–Kier alpha value is -0.650. The average molecular weight is 257 g/mol. The van der Waals surface area contributed by atoms with Gasteiger partial charge < -0.3 is 4.74 Å². The number of hydrazine groups is 1. The first-order valence-electron chi connectivity index (χ1n) is 6.96. The Morgan fingerprint density at radius 1 is 1.56 bits per heavy atom. The Morgan fingerprint density at radius 2 is 2.28 bits per heavy atom. The number of nitrogens with two attached hydrogens (primary N) is 1. The molecule has 1 fully saturated rings. The van der Waals surface area contributed by atoms with Gasteiger partial charge in [-0.2, -0.15) is 0 Å². The van der Waals surface area contributed by atoms with Crippen molar-refractivity contribution in [1.29, 1.82) is 0 Å². The second-order valence-electron chi connectivity index (χ2n) is 5.33. The SMILES string of the molecule is CCCOC1CCCN(C(C(=O)NN)C(C)C)C1. The summed E-state index contributed by atoms with van der Waals surface area (Å²) in [5, 5.41) is 0. The van der Waals surface area contributed by atoms with E-state index in [4.69, 9.17) is 10.6 Å². The minimum absolute atomic E-state index is 0.0962. The lowest BCUT2D eigenvalue weighted by molar-refractivity contribution is -0.130. The summed E-state index contributed by atoms with van der Waals surface area (Å²) in [5.74, 6) is 5.43. The molecule has 1 rings (SSSR count). The molecule has 2 atom stereocenters. The van der Waals surface area contributed by atoms with Crippen LogP contribution in [0.1, 0.15) is 40.0 Å². The highest BCUT2D eigenvalue weighted by atomic mass is 16.5. The third kappa shape index (κ3) is 4.23. The third-order valence-corrected chi connectivity index (χ3v) is 3.40. The minimum Gasteiger partial charge on any atom is -0.377 e. The highest BCUT2D eigenvalue weighted by Crippen LogP contribution is 2.20. The normalized spacial score (nSPS) is 23.1. The van der Waals surface area contributed by atoms with E-state index in [0.717, 1.165) is 39.0 Å². The molecule has 18 heavy (non-hydrogen) atoms. The number of piperidine rings is 1. The van der Waals surface area contributed by atoms with Crippen molar-refractivity contribution in [3.63, 3.8) is 0 Å². The van der Waals surface area contributed by atoms with Crippen molar-refractivity contribution >= 4 is 5.91 Å². The molecule has 0 aromatic carbocycles. The van der Waals surface area contributed by atoms with Gasteiger partial charge in [0, 0.05) is 13.2 Å². The van der Waals surface area contributed by atoms with Gasteiger partial charge in [-0.25, -0.2) is 5.84 Å². The molecule has 106 valence electrons. The van der Waals surface area contributed by atoms with Gasteiger partial charge in [0.25, 0.3) is 5.91 Å². The number of hydrogen-bond donors (Lipinski definition) is 2. The van der Waals surface area contributed by atoms with Crippen LogP contribution in [0.2, 0.25) is 0 Å². The molecule has 1 saturated heterocycles. The number of likely N-dealkylation sites (tertiary alicyclic amines) is 1. The summed E-state index contributed by atoms with van der Waals surface area (Å²) in [4.78, 5) is 14.1. The first kappa shape index (κ1) is 15.4. The maximum atomic E-state index is 11.9. The predicted octanol–water partition coefficient (Wildman–Crippen LogP) is 0.892. The molecule has 1 amide bonds. The van der Waals surface area contributed by atoms with Crippen LogP contribution >= 0.6 is 0 Å². The lowest BCUT2D eigenvalue weighted by atomic mass is 9.98. The molecular formula is C13H27N3O2. The van der Waals surface area contributed by atoms with Crippen LogP contribution in [0.15, 0.2) is 0 Å². The number of amides is 1. The number of nitrogens with one attached hydrogen (secondary N) is 1. The first-order chi connectivity index (χ1) is 8.60. The summed E-state index contributed by atoms with van der Waals surface area (Å²) in [6.07, 6.45) is 3.46. The van der Waals surface area contributed by atoms with Crippen molar-refractivity contribution in [2.75, 3.05) is 19.7 Å². The molecule has 0 aromatic heterocycles. The summed E-state index contributed by atoms with van der Waals surface area (Å²) in [6, 6.07) is -0.150. The van der Waals surface area contributed by atoms with Crippen LogP contribution in [0.25, 0.3) is 0 Å². The molecule has 1 heterocycles. The maximum Gasteiger partial charge on any atom is 0.251 e. The fraction of sp³-hybridized carbons (Fsp3) is 0.923. The van der Waals surface area contributed by atoms with E-state index in [1.807, 2.05) is 0 Å². The maximum absolute atomic E-state index is 11.9. The van der Waals surface area contributed by atoms with Crippen LogP contribution in [0.4, 0.5) is 0 Å². The van der Waals surface area contributed by atoms with Gasteiger partial charge in [-0.05, 0) is 31.7 Å². The van der Waals surface area contributed by atoms with Gasteiger partial charge >= 0.3 is 0 Å². The zero-order valence-corrected chi connectivity index (χ0v) is 11.8. The van der Waals surface area contributed by atoms with Crippen molar-refractivity contribution in [1.82, 2.24) is 10.3 Å². The first-order valence-corrected chi connectivity index (χ1v) is 6.96. The molecule has 0 radical (unpaired) electrons. The summed E-state index contributed by atoms with van der Waals surface area (Å²) in [5.41, 5.74) is 2.28. The van der Waals surface area contributed by atoms with E-state index in [9.17, 15) is 4.79 Å². The van der Waals surface area contributed by atoms with Crippen LogP contribution in [-0.2, 0) is 9.53 Å². The topological polar surface area (TPSA) is 67.6 Å². The number of hydrogen-bond acceptors (Lipinski definition) is 4. The van der Waals surface area contributed by atoms with E-state index >= 15 is 0 Å². The van der Waals surface area contributed by atoms with E-state index in [-0.39, 0.29) is 24.0 Å². The number of ether oxygens (including phenoxy) is 1. The van der Waals surface area contributed by atoms with Crippen LogP contribution < -0.4 is 11.3 Å². The minimum atomic E-state index is -0.150. The molecule has 0 spiro atoms. The van der Waals surface area contributed by atoms with Crippen LogP contribution in [0.3, 0.4) is 0 Å². The monoisotopic (exact) mass is 257 g/mol. The van der Waals surface area contributed by atoms with Gasteiger partial charge in [0.2, 0.25) is 0 Å². The highest BCUT2D eigenvalue weighted by Gasteiger charge is 2.32. The Kier molecular flexibility index (Phi) is 6.60. The number of rotatable bonds is 6. The molecule has 2 unspecified atom stereocenters. The lowest BCUT2D eigenvalue weighted by Crippen LogP contribution is -2.55. The fourth-order valence-electron chi connectivity index (χ4n) is 2.61. The molecular weight excluding hydrogens is 230 g/mol. The number of nitrogens with zero attached hydrogens (tertiary/aromatic N) is 1. The lowest BCUT2D eigenvalue weighted by Gasteiger charge is -2.38. The van der Waals surface area contributed by atoms with Crippen LogP contribution in [0.5, 0.6) is 0 Å². The molecule has 0 saturated carbocycles. The molecule has 1 aliphatic heterocycles. The van der Waals surface area contributed by atoms with Gasteiger partial charge in [0.1, 0.15) is 0 Å². The molecule has 5 heteroatoms. The van der Waals surface area contributed by atoms with Gasteiger partial charge in [0.15, 0.2) is 0 Å². The molecule has 0 aliphatic carbocycles. The number of carbonyl (C=O) groups excluding carboxylic acids is 1. The van der Waals surface area contributed by atoms with Crippen LogP contribution in [0, 0.1) is 5.92 Å². The zero-order chi connectivity index (χ0) is 13.5. The Bertz CT molecular complexity index is 259. The van der Waals surface area contributed by atoms with E-state index in [0.29, 0.717) is 0 Å². The second-order valence-corrected chi connectivity index (χ2v) is 5.33. The molecule has 0 bridgehead atoms. The van der Waals surface area contributed by atoms with E-state index in [1.165, 1.54) is 0 Å². The third-order valence-electron chi connectivity index (χ3n) is 3.40. The second kappa shape index (κ2) is 7.71. The molecule has 5 nitrogen and oxygen atoms in total. The average Bonchev–Trinajstić information content (AvgIpc) is 2.36. The van der Waals surface area contributed by atoms with Crippen LogP contribution in [-0.4, -0.2) is 42.6 Å². The standard InChI is InChI=1S/C13H27N3O2/c1-4-8-18-11-6-5-7-16(9-11)12(10(2)3)13(17)15-14/h10-12H,4-9,14H2,1-3H3,(H,15,17). The van der Waals surface area contributed by atoms with E-state index in [2.05, 4.69) is 31.1 Å². The molecule has 0 aromatic rings. The van der Waals surface area contributed by atoms with Gasteiger partial charge in [0.05, 0.1) is 12.1 Å². The summed E-state index contributed by atoms with van der Waals surface area (Å²) < 4.78 is 5.80. The molecule has 3 N–H and O–H groups in total. The highest BCUT2D eigenvalue weighted by molar-refractivity contribution is 5.81. The predicted molar refractivity (Wildman–Crippen MR) is 71.8 cm³/mol. The largest absolute Gasteiger partial charge is 0.377 e. The summed E-state index contributed by atoms with van der Waals surface area (Å²) in [7, 11) is 0. The van der Waals surface area contributed by atoms with E-state index < -0.39 is 0 Å². The van der Waals surface area contributed by atoms with E-state index in [1.54, 1.807) is 0 Å². The Morgan fingerprint density at radius 3 is 2.83 bits per heavy atom. The Labute approximate surface area is 110 Å². The fourth-order valence-corrected chi connectivity index (χ4v) is 2.61. The zero-order valence-electron chi connectivity index (χ0n) is 11.8. The smallest absolute Gasteiger partial charge is 0.251 e. The van der Waals surface area contributed by atoms with Gasteiger partial charge in [-0.1, -0.05) is 20.8 Å². The van der Waals surface area contributed by atoms with Gasteiger partial charge in [-0.15, -0.1) is 0 Å². The van der Waals surface area contributed by atoms with Gasteiger partial charge in [-0.3, -0.25) is 15.1 Å². The summed E-state index contributed by atoms with van der Waals surface area (Å²) >= 11 is 0. The quantitative estimate of drug-likeness (QED) is 0.421. The van der Waals surface area contributed by atoms with Crippen molar-refractivity contribution in [2.24, 2.45) is 11.8 Å². The van der Waals surface area contributed by atoms with Crippen molar-refractivity contribution in [2.45, 2.75) is 52.2 Å². The number of carbonyl (C=O) groups is 1.